The first-order chi connectivity index (χ1) is 12.6. The van der Waals surface area contributed by atoms with E-state index in [0.717, 1.165) is 18.4 Å². The van der Waals surface area contributed by atoms with Crippen LogP contribution in [0.4, 0.5) is 5.69 Å². The van der Waals surface area contributed by atoms with Crippen molar-refractivity contribution in [3.05, 3.63) is 29.8 Å². The second-order valence-electron chi connectivity index (χ2n) is 8.40. The van der Waals surface area contributed by atoms with E-state index in [-0.39, 0.29) is 35.3 Å². The summed E-state index contributed by atoms with van der Waals surface area (Å²) in [5.74, 6) is -0.00925. The van der Waals surface area contributed by atoms with E-state index in [2.05, 4.69) is 20.8 Å². The van der Waals surface area contributed by atoms with Crippen LogP contribution in [0.5, 0.6) is 0 Å². The van der Waals surface area contributed by atoms with Crippen LogP contribution in [-0.2, 0) is 14.4 Å². The highest BCUT2D eigenvalue weighted by Gasteiger charge is 2.42. The Hall–Kier alpha value is -1.91. The van der Waals surface area contributed by atoms with E-state index in [0.29, 0.717) is 18.5 Å². The first-order valence-corrected chi connectivity index (χ1v) is 9.89. The van der Waals surface area contributed by atoms with Gasteiger partial charge in [0.1, 0.15) is 0 Å². The molecule has 0 spiro atoms. The summed E-state index contributed by atoms with van der Waals surface area (Å²) in [4.78, 5) is 38.2. The average Bonchev–Trinajstić information content (AvgIpc) is 2.90. The second kappa shape index (κ2) is 8.41. The molecule has 2 atom stereocenters. The molecule has 4 nitrogen and oxygen atoms in total. The van der Waals surface area contributed by atoms with E-state index in [4.69, 9.17) is 7.85 Å². The number of carbonyl (C=O) groups excluding carboxylic acids is 3. The highest BCUT2D eigenvalue weighted by Crippen LogP contribution is 2.36. The zero-order chi connectivity index (χ0) is 20.4. The number of hydrogen-bond acceptors (Lipinski definition) is 3. The zero-order valence-corrected chi connectivity index (χ0v) is 17.1. The number of imide groups is 1. The topological polar surface area (TPSA) is 54.5 Å². The van der Waals surface area contributed by atoms with Crippen LogP contribution in [0.25, 0.3) is 0 Å². The molecule has 1 aliphatic rings. The highest BCUT2D eigenvalue weighted by molar-refractivity contribution is 6.58. The minimum atomic E-state index is -0.582. The molecule has 5 heteroatoms. The summed E-state index contributed by atoms with van der Waals surface area (Å²) in [6.45, 7) is 9.88. The van der Waals surface area contributed by atoms with Crippen molar-refractivity contribution in [2.75, 3.05) is 4.90 Å². The third-order valence-corrected chi connectivity index (χ3v) is 6.00. The number of carbonyl (C=O) groups is 3. The van der Waals surface area contributed by atoms with Gasteiger partial charge in [-0.15, -0.1) is 0 Å². The summed E-state index contributed by atoms with van der Waals surface area (Å²) >= 11 is 0. The lowest BCUT2D eigenvalue weighted by molar-refractivity contribution is -0.123. The lowest BCUT2D eigenvalue weighted by Crippen LogP contribution is -2.32. The molecule has 0 N–H and O–H groups in total. The fourth-order valence-corrected chi connectivity index (χ4v) is 4.09. The summed E-state index contributed by atoms with van der Waals surface area (Å²) < 4.78 is 0. The van der Waals surface area contributed by atoms with Crippen LogP contribution in [0.15, 0.2) is 24.3 Å². The fourth-order valence-electron chi connectivity index (χ4n) is 4.09. The molecular weight excluding hydrogens is 337 g/mol. The Balaban J connectivity index is 2.16. The average molecular weight is 367 g/mol. The molecule has 27 heavy (non-hydrogen) atoms. The van der Waals surface area contributed by atoms with E-state index in [1.807, 2.05) is 38.1 Å². The predicted molar refractivity (Wildman–Crippen MR) is 109 cm³/mol. The summed E-state index contributed by atoms with van der Waals surface area (Å²) in [6, 6.07) is 7.52. The number of benzene rings is 1. The Morgan fingerprint density at radius 3 is 2.22 bits per heavy atom. The van der Waals surface area contributed by atoms with Crippen molar-refractivity contribution >= 4 is 31.0 Å². The van der Waals surface area contributed by atoms with Crippen LogP contribution in [0.1, 0.15) is 71.8 Å². The summed E-state index contributed by atoms with van der Waals surface area (Å²) in [5.41, 5.74) is 0.792. The molecule has 2 radical (unpaired) electrons. The van der Waals surface area contributed by atoms with Gasteiger partial charge in [-0.3, -0.25) is 14.5 Å². The maximum Gasteiger partial charge on any atom is 0.237 e. The van der Waals surface area contributed by atoms with E-state index >= 15 is 0 Å². The van der Waals surface area contributed by atoms with Crippen LogP contribution in [0.3, 0.4) is 0 Å². The van der Waals surface area contributed by atoms with E-state index in [1.54, 1.807) is 0 Å². The molecular formula is C22H30BNO3. The molecule has 1 aromatic rings. The SMILES string of the molecule is [B]C(=O)C(C)(C)CC(C)c1ccc(N2C(=O)CC(C(CC)CC)C2=O)cc1. The molecule has 1 fully saturated rings. The summed E-state index contributed by atoms with van der Waals surface area (Å²) in [5, 5.41) is 0. The molecule has 2 unspecified atom stereocenters. The number of nitrogens with zero attached hydrogens (tertiary/aromatic N) is 1. The second-order valence-corrected chi connectivity index (χ2v) is 8.40. The van der Waals surface area contributed by atoms with Gasteiger partial charge in [-0.05, 0) is 36.0 Å². The van der Waals surface area contributed by atoms with Gasteiger partial charge in [0.2, 0.25) is 11.8 Å². The van der Waals surface area contributed by atoms with Crippen LogP contribution >= 0.6 is 0 Å². The maximum absolute atomic E-state index is 12.8. The van der Waals surface area contributed by atoms with Crippen molar-refractivity contribution in [3.63, 3.8) is 0 Å². The van der Waals surface area contributed by atoms with Gasteiger partial charge in [0.05, 0.1) is 17.3 Å². The van der Waals surface area contributed by atoms with Crippen molar-refractivity contribution in [2.45, 2.75) is 66.2 Å². The normalized spacial score (nSPS) is 19.0. The Morgan fingerprint density at radius 2 is 1.74 bits per heavy atom. The molecule has 1 saturated heterocycles. The zero-order valence-electron chi connectivity index (χ0n) is 17.1. The van der Waals surface area contributed by atoms with Gasteiger partial charge in [0, 0.05) is 11.8 Å². The molecule has 0 bridgehead atoms. The van der Waals surface area contributed by atoms with Crippen LogP contribution < -0.4 is 4.90 Å². The molecule has 1 heterocycles. The smallest absolute Gasteiger partial charge is 0.237 e. The largest absolute Gasteiger partial charge is 0.312 e. The molecule has 0 saturated carbocycles. The predicted octanol–water partition coefficient (Wildman–Crippen LogP) is 4.22. The molecule has 2 rings (SSSR count). The quantitative estimate of drug-likeness (QED) is 0.511. The van der Waals surface area contributed by atoms with Gasteiger partial charge in [0.25, 0.3) is 0 Å². The Kier molecular flexibility index (Phi) is 6.66. The monoisotopic (exact) mass is 367 g/mol. The van der Waals surface area contributed by atoms with E-state index < -0.39 is 5.41 Å². The van der Waals surface area contributed by atoms with Crippen LogP contribution in [0.2, 0.25) is 0 Å². The van der Waals surface area contributed by atoms with Crippen molar-refractivity contribution in [2.24, 2.45) is 17.3 Å². The van der Waals surface area contributed by atoms with Crippen LogP contribution in [0, 0.1) is 17.3 Å². The third kappa shape index (κ3) is 4.51. The molecule has 2 amide bonds. The lowest BCUT2D eigenvalue weighted by Gasteiger charge is -2.26. The number of amides is 2. The number of hydrogen-bond donors (Lipinski definition) is 0. The van der Waals surface area contributed by atoms with E-state index in [1.165, 1.54) is 4.90 Å². The van der Waals surface area contributed by atoms with Crippen molar-refractivity contribution in [3.8, 4) is 0 Å². The van der Waals surface area contributed by atoms with Gasteiger partial charge >= 0.3 is 0 Å². The minimum absolute atomic E-state index is 0.0793. The van der Waals surface area contributed by atoms with Crippen molar-refractivity contribution in [1.82, 2.24) is 0 Å². The third-order valence-electron chi connectivity index (χ3n) is 6.00. The standard InChI is InChI=1S/C22H30BNO3/c1-6-15(7-2)18-12-19(25)24(20(18)26)17-10-8-16(9-11-17)14(3)13-22(4,5)21(23)27/h8-11,14-15,18H,6-7,12-13H2,1-5H3. The van der Waals surface area contributed by atoms with Crippen molar-refractivity contribution < 1.29 is 14.4 Å². The Bertz CT molecular complexity index is 707. The molecule has 144 valence electrons. The lowest BCUT2D eigenvalue weighted by atomic mass is 9.71. The van der Waals surface area contributed by atoms with Gasteiger partial charge in [-0.25, -0.2) is 0 Å². The first-order valence-electron chi connectivity index (χ1n) is 9.89. The summed E-state index contributed by atoms with van der Waals surface area (Å²) in [6.07, 6.45) is 2.75. The van der Waals surface area contributed by atoms with E-state index in [9.17, 15) is 14.4 Å². The first kappa shape index (κ1) is 21.4. The minimum Gasteiger partial charge on any atom is -0.312 e. The Morgan fingerprint density at radius 1 is 1.19 bits per heavy atom. The van der Waals surface area contributed by atoms with Gasteiger partial charge in [-0.2, -0.15) is 0 Å². The molecule has 0 aromatic heterocycles. The molecule has 1 aromatic carbocycles. The van der Waals surface area contributed by atoms with Crippen molar-refractivity contribution in [1.29, 1.82) is 0 Å². The van der Waals surface area contributed by atoms with Gasteiger partial charge < -0.3 is 4.79 Å². The fraction of sp³-hybridized carbons (Fsp3) is 0.591. The number of rotatable bonds is 8. The summed E-state index contributed by atoms with van der Waals surface area (Å²) in [7, 11) is 5.47. The van der Waals surface area contributed by atoms with Crippen LogP contribution in [-0.4, -0.2) is 25.3 Å². The highest BCUT2D eigenvalue weighted by atomic mass is 16.2. The molecule has 0 aliphatic carbocycles. The number of anilines is 1. The maximum atomic E-state index is 12.8. The van der Waals surface area contributed by atoms with Gasteiger partial charge in [0.15, 0.2) is 7.85 Å². The Labute approximate surface area is 164 Å². The molecule has 1 aliphatic heterocycles. The van der Waals surface area contributed by atoms with Gasteiger partial charge in [-0.1, -0.05) is 59.6 Å².